The first-order valence-corrected chi connectivity index (χ1v) is 3.72. The van der Waals surface area contributed by atoms with Crippen molar-refractivity contribution >= 4 is 0 Å². The molecule has 1 aromatic heterocycles. The summed E-state index contributed by atoms with van der Waals surface area (Å²) in [6.45, 7) is 0.712. The fraction of sp³-hybridized carbons (Fsp3) is 0.833. The van der Waals surface area contributed by atoms with E-state index in [1.807, 2.05) is 0 Å². The number of hydrogen-bond acceptors (Lipinski definition) is 4. The molecule has 1 aliphatic carbocycles. The van der Waals surface area contributed by atoms with Crippen LogP contribution in [0.2, 0.25) is 0 Å². The van der Waals surface area contributed by atoms with Gasteiger partial charge in [-0.15, -0.1) is 5.10 Å². The number of rotatable bonds is 3. The molecule has 1 heterocycles. The summed E-state index contributed by atoms with van der Waals surface area (Å²) in [6, 6.07) is 0. The maximum atomic E-state index is 9.45. The normalized spacial score (nSPS) is 20.1. The zero-order valence-electron chi connectivity index (χ0n) is 6.14. The van der Waals surface area contributed by atoms with Crippen LogP contribution in [0.25, 0.3) is 0 Å². The van der Waals surface area contributed by atoms with Gasteiger partial charge in [0, 0.05) is 6.54 Å². The Kier molecular flexibility index (Phi) is 1.38. The number of tetrazole rings is 1. The van der Waals surface area contributed by atoms with Crippen LogP contribution in [0, 0.1) is 0 Å². The van der Waals surface area contributed by atoms with E-state index in [9.17, 15) is 5.11 Å². The number of nitrogens with zero attached hydrogens (tertiary/aromatic N) is 4. The predicted molar refractivity (Wildman–Crippen MR) is 36.6 cm³/mol. The number of hydrogen-bond donors (Lipinski definition) is 1. The van der Waals surface area contributed by atoms with E-state index >= 15 is 0 Å². The molecule has 1 fully saturated rings. The lowest BCUT2D eigenvalue weighted by atomic mass is 10.2. The van der Waals surface area contributed by atoms with Crippen LogP contribution in [0.4, 0.5) is 0 Å². The lowest BCUT2D eigenvalue weighted by molar-refractivity contribution is 0.132. The maximum absolute atomic E-state index is 9.45. The van der Waals surface area contributed by atoms with E-state index in [0.717, 1.165) is 19.3 Å². The molecule has 60 valence electrons. The van der Waals surface area contributed by atoms with Gasteiger partial charge in [-0.1, -0.05) is 0 Å². The first-order chi connectivity index (χ1) is 5.29. The lowest BCUT2D eigenvalue weighted by Gasteiger charge is -2.04. The van der Waals surface area contributed by atoms with Gasteiger partial charge < -0.3 is 5.11 Å². The fourth-order valence-electron chi connectivity index (χ4n) is 1.000. The van der Waals surface area contributed by atoms with Crippen LogP contribution >= 0.6 is 0 Å². The van der Waals surface area contributed by atoms with Gasteiger partial charge in [0.1, 0.15) is 6.33 Å². The Morgan fingerprint density at radius 2 is 2.36 bits per heavy atom. The SMILES string of the molecule is OC1(CCn2cnnn2)CC1. The zero-order valence-corrected chi connectivity index (χ0v) is 6.14. The van der Waals surface area contributed by atoms with Gasteiger partial charge in [0.2, 0.25) is 0 Å². The van der Waals surface area contributed by atoms with Crippen LogP contribution in [0.3, 0.4) is 0 Å². The summed E-state index contributed by atoms with van der Waals surface area (Å²) in [5, 5.41) is 20.1. The smallest absolute Gasteiger partial charge is 0.138 e. The van der Waals surface area contributed by atoms with E-state index in [1.165, 1.54) is 0 Å². The van der Waals surface area contributed by atoms with Gasteiger partial charge in [0.25, 0.3) is 0 Å². The summed E-state index contributed by atoms with van der Waals surface area (Å²) < 4.78 is 1.64. The topological polar surface area (TPSA) is 63.8 Å². The Morgan fingerprint density at radius 3 is 2.91 bits per heavy atom. The van der Waals surface area contributed by atoms with Crippen LogP contribution in [0.15, 0.2) is 6.33 Å². The average Bonchev–Trinajstić information content (AvgIpc) is 2.53. The van der Waals surface area contributed by atoms with Crippen molar-refractivity contribution in [2.24, 2.45) is 0 Å². The van der Waals surface area contributed by atoms with Crippen LogP contribution in [-0.2, 0) is 6.54 Å². The second kappa shape index (κ2) is 2.27. The van der Waals surface area contributed by atoms with Gasteiger partial charge in [-0.05, 0) is 29.7 Å². The van der Waals surface area contributed by atoms with Crippen molar-refractivity contribution in [2.75, 3.05) is 0 Å². The number of aromatic nitrogens is 4. The highest BCUT2D eigenvalue weighted by Crippen LogP contribution is 2.38. The molecule has 0 aromatic carbocycles. The highest BCUT2D eigenvalue weighted by Gasteiger charge is 2.39. The molecule has 11 heavy (non-hydrogen) atoms. The molecule has 0 radical (unpaired) electrons. The lowest BCUT2D eigenvalue weighted by Crippen LogP contribution is -2.11. The Morgan fingerprint density at radius 1 is 1.55 bits per heavy atom. The minimum absolute atomic E-state index is 0.397. The van der Waals surface area contributed by atoms with Crippen LogP contribution < -0.4 is 0 Å². The van der Waals surface area contributed by atoms with Crippen LogP contribution in [-0.4, -0.2) is 30.9 Å². The van der Waals surface area contributed by atoms with Gasteiger partial charge in [0.15, 0.2) is 0 Å². The Balaban J connectivity index is 1.83. The van der Waals surface area contributed by atoms with Gasteiger partial charge in [-0.3, -0.25) is 0 Å². The Bertz CT molecular complexity index is 229. The molecule has 0 spiro atoms. The molecule has 5 nitrogen and oxygen atoms in total. The Hall–Kier alpha value is -0.970. The largest absolute Gasteiger partial charge is 0.390 e. The van der Waals surface area contributed by atoms with E-state index in [4.69, 9.17) is 0 Å². The summed E-state index contributed by atoms with van der Waals surface area (Å²) in [5.41, 5.74) is -0.397. The van der Waals surface area contributed by atoms with Gasteiger partial charge >= 0.3 is 0 Å². The summed E-state index contributed by atoms with van der Waals surface area (Å²) in [7, 11) is 0. The third kappa shape index (κ3) is 1.54. The second-order valence-corrected chi connectivity index (χ2v) is 3.05. The van der Waals surface area contributed by atoms with Crippen molar-refractivity contribution in [3.63, 3.8) is 0 Å². The van der Waals surface area contributed by atoms with Gasteiger partial charge in [-0.25, -0.2) is 4.68 Å². The molecule has 1 saturated carbocycles. The van der Waals surface area contributed by atoms with E-state index in [2.05, 4.69) is 15.5 Å². The van der Waals surface area contributed by atoms with Crippen LogP contribution in [0.1, 0.15) is 19.3 Å². The zero-order chi connectivity index (χ0) is 7.73. The van der Waals surface area contributed by atoms with Crippen molar-refractivity contribution in [3.8, 4) is 0 Å². The highest BCUT2D eigenvalue weighted by molar-refractivity contribution is 4.92. The van der Waals surface area contributed by atoms with Crippen molar-refractivity contribution < 1.29 is 5.11 Å². The van der Waals surface area contributed by atoms with Crippen molar-refractivity contribution in [1.82, 2.24) is 20.2 Å². The highest BCUT2D eigenvalue weighted by atomic mass is 16.3. The molecule has 0 saturated heterocycles. The molecular formula is C6H10N4O. The second-order valence-electron chi connectivity index (χ2n) is 3.05. The van der Waals surface area contributed by atoms with Crippen molar-refractivity contribution in [3.05, 3.63) is 6.33 Å². The van der Waals surface area contributed by atoms with Crippen LogP contribution in [0.5, 0.6) is 0 Å². The van der Waals surface area contributed by atoms with E-state index in [0.29, 0.717) is 6.54 Å². The summed E-state index contributed by atoms with van der Waals surface area (Å²) in [5.74, 6) is 0. The Labute approximate surface area is 64.0 Å². The minimum atomic E-state index is -0.397. The maximum Gasteiger partial charge on any atom is 0.138 e. The number of aliphatic hydroxyl groups is 1. The third-order valence-corrected chi connectivity index (χ3v) is 2.02. The molecule has 0 unspecified atom stereocenters. The molecular weight excluding hydrogens is 144 g/mol. The molecule has 1 aliphatic rings. The molecule has 0 atom stereocenters. The monoisotopic (exact) mass is 154 g/mol. The van der Waals surface area contributed by atoms with Crippen molar-refractivity contribution in [1.29, 1.82) is 0 Å². The summed E-state index contributed by atoms with van der Waals surface area (Å²) >= 11 is 0. The summed E-state index contributed by atoms with van der Waals surface area (Å²) in [4.78, 5) is 0. The third-order valence-electron chi connectivity index (χ3n) is 2.02. The standard InChI is InChI=1S/C6H10N4O/c11-6(1-2-6)3-4-10-5-7-8-9-10/h5,11H,1-4H2. The predicted octanol–water partition coefficient (Wildman–Crippen LogP) is -0.412. The molecule has 5 heteroatoms. The first kappa shape index (κ1) is 6.72. The molecule has 0 bridgehead atoms. The van der Waals surface area contributed by atoms with Gasteiger partial charge in [-0.2, -0.15) is 0 Å². The van der Waals surface area contributed by atoms with E-state index in [1.54, 1.807) is 11.0 Å². The molecule has 0 aliphatic heterocycles. The first-order valence-electron chi connectivity index (χ1n) is 3.72. The minimum Gasteiger partial charge on any atom is -0.390 e. The van der Waals surface area contributed by atoms with Gasteiger partial charge in [0.05, 0.1) is 5.60 Å². The quantitative estimate of drug-likeness (QED) is 0.642. The average molecular weight is 154 g/mol. The van der Waals surface area contributed by atoms with E-state index in [-0.39, 0.29) is 0 Å². The van der Waals surface area contributed by atoms with E-state index < -0.39 is 5.60 Å². The summed E-state index contributed by atoms with van der Waals surface area (Å²) in [6.07, 6.45) is 4.17. The fourth-order valence-corrected chi connectivity index (χ4v) is 1.000. The molecule has 1 aromatic rings. The molecule has 2 rings (SSSR count). The molecule has 0 amide bonds. The number of aryl methyl sites for hydroxylation is 1. The van der Waals surface area contributed by atoms with Crippen molar-refractivity contribution in [2.45, 2.75) is 31.4 Å². The molecule has 1 N–H and O–H groups in total.